The highest BCUT2D eigenvalue weighted by atomic mass is 32.2. The number of sulfone groups is 1. The van der Waals surface area contributed by atoms with Crippen LogP contribution in [0.15, 0.2) is 0 Å². The van der Waals surface area contributed by atoms with E-state index < -0.39 is 14.6 Å². The lowest BCUT2D eigenvalue weighted by molar-refractivity contribution is -0.138. The number of hydrogen-bond acceptors (Lipinski definition) is 4. The van der Waals surface area contributed by atoms with E-state index in [-0.39, 0.29) is 17.6 Å². The Labute approximate surface area is 126 Å². The van der Waals surface area contributed by atoms with Crippen molar-refractivity contribution >= 4 is 15.7 Å². The van der Waals surface area contributed by atoms with Crippen molar-refractivity contribution in [2.24, 2.45) is 11.8 Å². The third kappa shape index (κ3) is 2.72. The van der Waals surface area contributed by atoms with Gasteiger partial charge in [-0.15, -0.1) is 0 Å². The average Bonchev–Trinajstić information content (AvgIpc) is 3.13. The minimum absolute atomic E-state index is 0.0620. The molecule has 21 heavy (non-hydrogen) atoms. The Kier molecular flexibility index (Phi) is 4.03. The van der Waals surface area contributed by atoms with Gasteiger partial charge in [0, 0.05) is 32.0 Å². The summed E-state index contributed by atoms with van der Waals surface area (Å²) in [6.45, 7) is 4.03. The van der Waals surface area contributed by atoms with E-state index in [1.165, 1.54) is 12.8 Å². The largest absolute Gasteiger partial charge is 0.381 e. The molecule has 120 valence electrons. The predicted octanol–water partition coefficient (Wildman–Crippen LogP) is 1.23. The normalized spacial score (nSPS) is 29.6. The summed E-state index contributed by atoms with van der Waals surface area (Å²) in [5.74, 6) is 1.10. The molecule has 3 rings (SSSR count). The summed E-state index contributed by atoms with van der Waals surface area (Å²) in [4.78, 5) is 13.6. The van der Waals surface area contributed by atoms with Crippen LogP contribution in [0, 0.1) is 11.8 Å². The summed E-state index contributed by atoms with van der Waals surface area (Å²) in [5, 5.41) is 0. The van der Waals surface area contributed by atoms with Crippen LogP contribution in [-0.2, 0) is 19.4 Å². The van der Waals surface area contributed by atoms with Gasteiger partial charge in [-0.25, -0.2) is 8.42 Å². The van der Waals surface area contributed by atoms with Crippen molar-refractivity contribution in [1.29, 1.82) is 0 Å². The molecule has 5 nitrogen and oxygen atoms in total. The smallest absolute Gasteiger partial charge is 0.222 e. The van der Waals surface area contributed by atoms with Crippen LogP contribution in [0.1, 0.15) is 39.0 Å². The van der Waals surface area contributed by atoms with Crippen molar-refractivity contribution in [2.45, 2.75) is 43.8 Å². The Balaban J connectivity index is 1.61. The molecule has 0 unspecified atom stereocenters. The number of likely N-dealkylation sites (tertiary alicyclic amines) is 1. The fourth-order valence-electron chi connectivity index (χ4n) is 3.52. The predicted molar refractivity (Wildman–Crippen MR) is 79.7 cm³/mol. The van der Waals surface area contributed by atoms with Gasteiger partial charge < -0.3 is 9.64 Å². The lowest BCUT2D eigenvalue weighted by atomic mass is 9.83. The second-order valence-electron chi connectivity index (χ2n) is 6.85. The minimum atomic E-state index is -3.09. The summed E-state index contributed by atoms with van der Waals surface area (Å²) in [5.41, 5.74) is 0. The van der Waals surface area contributed by atoms with E-state index in [9.17, 15) is 13.2 Å². The van der Waals surface area contributed by atoms with E-state index in [0.717, 1.165) is 13.0 Å². The third-order valence-corrected chi connectivity index (χ3v) is 7.80. The number of ether oxygens (including phenoxy) is 1. The first-order valence-corrected chi connectivity index (χ1v) is 9.71. The number of carbonyl (C=O) groups excluding carboxylic acids is 1. The average molecular weight is 315 g/mol. The Hall–Kier alpha value is -0.620. The lowest BCUT2D eigenvalue weighted by Gasteiger charge is -2.50. The summed E-state index contributed by atoms with van der Waals surface area (Å²) in [7, 11) is -3.09. The van der Waals surface area contributed by atoms with Gasteiger partial charge in [0.1, 0.15) is 4.75 Å². The molecular weight excluding hydrogens is 290 g/mol. The maximum atomic E-state index is 12.4. The van der Waals surface area contributed by atoms with Gasteiger partial charge in [-0.2, -0.15) is 0 Å². The molecule has 1 aliphatic carbocycles. The molecule has 2 saturated heterocycles. The van der Waals surface area contributed by atoms with Gasteiger partial charge in [-0.05, 0) is 31.6 Å². The van der Waals surface area contributed by atoms with Crippen LogP contribution in [0.3, 0.4) is 0 Å². The molecule has 6 heteroatoms. The molecule has 3 fully saturated rings. The van der Waals surface area contributed by atoms with Crippen molar-refractivity contribution in [1.82, 2.24) is 4.90 Å². The molecule has 1 spiro atoms. The molecule has 0 aromatic rings. The van der Waals surface area contributed by atoms with E-state index in [0.29, 0.717) is 38.5 Å². The van der Waals surface area contributed by atoms with Gasteiger partial charge in [0.05, 0.1) is 12.4 Å². The van der Waals surface area contributed by atoms with Gasteiger partial charge in [-0.1, -0.05) is 6.92 Å². The number of rotatable bonds is 6. The molecule has 1 atom stereocenters. The zero-order chi connectivity index (χ0) is 15.1. The Morgan fingerprint density at radius 3 is 2.57 bits per heavy atom. The SMILES string of the molecule is CCCC(=O)N1CC2(C1)[C@H](COCC1CC1)CCS2(=O)=O. The molecule has 0 radical (unpaired) electrons. The van der Waals surface area contributed by atoms with Crippen molar-refractivity contribution in [3.8, 4) is 0 Å². The minimum Gasteiger partial charge on any atom is -0.381 e. The van der Waals surface area contributed by atoms with Gasteiger partial charge in [0.15, 0.2) is 9.84 Å². The van der Waals surface area contributed by atoms with Gasteiger partial charge >= 0.3 is 0 Å². The summed E-state index contributed by atoms with van der Waals surface area (Å²) >= 11 is 0. The van der Waals surface area contributed by atoms with Crippen LogP contribution >= 0.6 is 0 Å². The highest BCUT2D eigenvalue weighted by Gasteiger charge is 2.62. The fourth-order valence-corrected chi connectivity index (χ4v) is 5.92. The van der Waals surface area contributed by atoms with Crippen molar-refractivity contribution in [3.63, 3.8) is 0 Å². The van der Waals surface area contributed by atoms with Crippen molar-refractivity contribution < 1.29 is 17.9 Å². The maximum Gasteiger partial charge on any atom is 0.222 e. The monoisotopic (exact) mass is 315 g/mol. The lowest BCUT2D eigenvalue weighted by Crippen LogP contribution is -2.68. The van der Waals surface area contributed by atoms with Crippen LogP contribution in [0.25, 0.3) is 0 Å². The first-order chi connectivity index (χ1) is 9.98. The van der Waals surface area contributed by atoms with Crippen LogP contribution in [0.2, 0.25) is 0 Å². The van der Waals surface area contributed by atoms with E-state index in [1.54, 1.807) is 4.90 Å². The van der Waals surface area contributed by atoms with Crippen LogP contribution < -0.4 is 0 Å². The molecule has 2 aliphatic heterocycles. The Bertz CT molecular complexity index is 506. The second-order valence-corrected chi connectivity index (χ2v) is 9.30. The van der Waals surface area contributed by atoms with E-state index in [1.807, 2.05) is 6.92 Å². The van der Waals surface area contributed by atoms with Crippen LogP contribution in [0.5, 0.6) is 0 Å². The van der Waals surface area contributed by atoms with E-state index in [2.05, 4.69) is 0 Å². The number of nitrogens with zero attached hydrogens (tertiary/aromatic N) is 1. The topological polar surface area (TPSA) is 63.7 Å². The van der Waals surface area contributed by atoms with Gasteiger partial charge in [0.25, 0.3) is 0 Å². The zero-order valence-corrected chi connectivity index (χ0v) is 13.5. The zero-order valence-electron chi connectivity index (χ0n) is 12.7. The Morgan fingerprint density at radius 1 is 1.24 bits per heavy atom. The molecule has 0 aromatic heterocycles. The molecule has 0 N–H and O–H groups in total. The first-order valence-electron chi connectivity index (χ1n) is 8.06. The molecule has 0 bridgehead atoms. The Morgan fingerprint density at radius 2 is 1.95 bits per heavy atom. The highest BCUT2D eigenvalue weighted by molar-refractivity contribution is 7.93. The van der Waals surface area contributed by atoms with Gasteiger partial charge in [0.2, 0.25) is 5.91 Å². The van der Waals surface area contributed by atoms with Gasteiger partial charge in [-0.3, -0.25) is 4.79 Å². The molecule has 2 heterocycles. The van der Waals surface area contributed by atoms with Crippen LogP contribution in [0.4, 0.5) is 0 Å². The summed E-state index contributed by atoms with van der Waals surface area (Å²) in [6, 6.07) is 0. The first kappa shape index (κ1) is 15.3. The second kappa shape index (κ2) is 5.54. The van der Waals surface area contributed by atoms with E-state index >= 15 is 0 Å². The van der Waals surface area contributed by atoms with E-state index in [4.69, 9.17) is 4.74 Å². The standard InChI is InChI=1S/C15H25NO4S/c1-2-3-14(17)16-10-15(11-16)13(6-7-21(15,18)19)9-20-8-12-4-5-12/h12-13H,2-11H2,1H3/t13-/m0/s1. The quantitative estimate of drug-likeness (QED) is 0.739. The molecular formula is C15H25NO4S. The highest BCUT2D eigenvalue weighted by Crippen LogP contribution is 2.45. The maximum absolute atomic E-state index is 12.4. The number of hydrogen-bond donors (Lipinski definition) is 0. The summed E-state index contributed by atoms with van der Waals surface area (Å²) in [6.07, 6.45) is 4.49. The fraction of sp³-hybridized carbons (Fsp3) is 0.933. The summed E-state index contributed by atoms with van der Waals surface area (Å²) < 4.78 is 29.9. The molecule has 3 aliphatic rings. The number of amides is 1. The van der Waals surface area contributed by atoms with Crippen molar-refractivity contribution in [3.05, 3.63) is 0 Å². The van der Waals surface area contributed by atoms with Crippen molar-refractivity contribution in [2.75, 3.05) is 32.1 Å². The van der Waals surface area contributed by atoms with Crippen LogP contribution in [-0.4, -0.2) is 56.0 Å². The molecule has 1 saturated carbocycles. The molecule has 1 amide bonds. The molecule has 0 aromatic carbocycles. The third-order valence-electron chi connectivity index (χ3n) is 5.20. The number of carbonyl (C=O) groups is 1.